The Morgan fingerprint density at radius 3 is 3.04 bits per heavy atom. The number of rotatable bonds is 8. The number of nitrogens with zero attached hydrogens (tertiary/aromatic N) is 3. The van der Waals surface area contributed by atoms with E-state index in [0.717, 1.165) is 9.90 Å². The Bertz CT molecular complexity index is 707. The number of benzene rings is 1. The fourth-order valence-corrected chi connectivity index (χ4v) is 4.01. The smallest absolute Gasteiger partial charge is 0.235 e. The fraction of sp³-hybridized carbons (Fsp3) is 0.312. The van der Waals surface area contributed by atoms with Crippen molar-refractivity contribution in [3.63, 3.8) is 0 Å². The molecule has 0 saturated heterocycles. The number of carbonyl (C=O) groups excluding carboxylic acids is 1. The average Bonchev–Trinajstić information content (AvgIpc) is 2.99. The van der Waals surface area contributed by atoms with E-state index in [9.17, 15) is 9.18 Å². The number of aromatic nitrogens is 2. The molecule has 0 spiro atoms. The van der Waals surface area contributed by atoms with E-state index in [1.54, 1.807) is 30.2 Å². The molecule has 0 aliphatic rings. The van der Waals surface area contributed by atoms with E-state index in [4.69, 9.17) is 0 Å². The lowest BCUT2D eigenvalue weighted by Gasteiger charge is -2.20. The Morgan fingerprint density at radius 1 is 1.54 bits per heavy atom. The summed E-state index contributed by atoms with van der Waals surface area (Å²) in [5.74, 6) is -0.343. The number of halogens is 1. The molecule has 0 saturated carbocycles. The lowest BCUT2D eigenvalue weighted by molar-refractivity contribution is -0.129. The summed E-state index contributed by atoms with van der Waals surface area (Å²) in [5, 5.41) is 11.5. The molecule has 1 aromatic heterocycles. The van der Waals surface area contributed by atoms with Gasteiger partial charge in [-0.3, -0.25) is 4.79 Å². The molecule has 128 valence electrons. The van der Waals surface area contributed by atoms with E-state index < -0.39 is 0 Å². The van der Waals surface area contributed by atoms with Gasteiger partial charge >= 0.3 is 0 Å². The zero-order valence-electron chi connectivity index (χ0n) is 13.5. The lowest BCUT2D eigenvalue weighted by Crippen LogP contribution is -2.32. The first kappa shape index (κ1) is 18.4. The van der Waals surface area contributed by atoms with Crippen LogP contribution in [0.5, 0.6) is 0 Å². The molecule has 1 aromatic carbocycles. The lowest BCUT2D eigenvalue weighted by atomic mass is 10.2. The highest BCUT2D eigenvalue weighted by molar-refractivity contribution is 8.02. The van der Waals surface area contributed by atoms with Gasteiger partial charge in [-0.05, 0) is 24.6 Å². The summed E-state index contributed by atoms with van der Waals surface area (Å²) in [6.07, 6.45) is 1.74. The molecule has 1 amide bonds. The van der Waals surface area contributed by atoms with Crippen LogP contribution in [0.2, 0.25) is 0 Å². The van der Waals surface area contributed by atoms with E-state index in [1.807, 2.05) is 6.92 Å². The van der Waals surface area contributed by atoms with Crippen molar-refractivity contribution < 1.29 is 9.18 Å². The van der Waals surface area contributed by atoms with Gasteiger partial charge in [0.15, 0.2) is 4.34 Å². The van der Waals surface area contributed by atoms with Crippen molar-refractivity contribution in [1.82, 2.24) is 15.1 Å². The van der Waals surface area contributed by atoms with Crippen LogP contribution in [0, 0.1) is 5.82 Å². The van der Waals surface area contributed by atoms with Gasteiger partial charge in [-0.15, -0.1) is 16.8 Å². The van der Waals surface area contributed by atoms with Crippen LogP contribution >= 0.6 is 23.1 Å². The van der Waals surface area contributed by atoms with Crippen LogP contribution in [-0.4, -0.2) is 39.8 Å². The van der Waals surface area contributed by atoms with Crippen LogP contribution in [0.15, 0.2) is 41.3 Å². The van der Waals surface area contributed by atoms with Crippen molar-refractivity contribution in [3.05, 3.63) is 48.3 Å². The molecule has 1 heterocycles. The molecule has 2 rings (SSSR count). The molecular formula is C16H19FN4OS2. The average molecular weight is 366 g/mol. The molecule has 24 heavy (non-hydrogen) atoms. The normalized spacial score (nSPS) is 11.8. The monoisotopic (exact) mass is 366 g/mol. The minimum Gasteiger partial charge on any atom is -0.357 e. The third kappa shape index (κ3) is 5.31. The van der Waals surface area contributed by atoms with Crippen molar-refractivity contribution in [2.24, 2.45) is 0 Å². The summed E-state index contributed by atoms with van der Waals surface area (Å²) < 4.78 is 13.9. The SMILES string of the molecule is C=CCNc1nnc(S[C@H](C)C(=O)N(C)Cc2cccc(F)c2)s1. The largest absolute Gasteiger partial charge is 0.357 e. The second kappa shape index (κ2) is 8.79. The van der Waals surface area contributed by atoms with Crippen molar-refractivity contribution in [1.29, 1.82) is 0 Å². The Balaban J connectivity index is 1.91. The first-order valence-corrected chi connectivity index (χ1v) is 9.03. The van der Waals surface area contributed by atoms with Crippen molar-refractivity contribution >= 4 is 34.1 Å². The molecule has 2 aromatic rings. The van der Waals surface area contributed by atoms with Crippen molar-refractivity contribution in [3.8, 4) is 0 Å². The second-order valence-electron chi connectivity index (χ2n) is 5.13. The zero-order valence-corrected chi connectivity index (χ0v) is 15.2. The van der Waals surface area contributed by atoms with Crippen molar-refractivity contribution in [2.75, 3.05) is 18.9 Å². The first-order valence-electron chi connectivity index (χ1n) is 7.34. The van der Waals surface area contributed by atoms with Gasteiger partial charge in [-0.25, -0.2) is 4.39 Å². The minimum absolute atomic E-state index is 0.0416. The van der Waals surface area contributed by atoms with Gasteiger partial charge in [0.1, 0.15) is 5.82 Å². The van der Waals surface area contributed by atoms with E-state index >= 15 is 0 Å². The molecule has 8 heteroatoms. The predicted octanol–water partition coefficient (Wildman–Crippen LogP) is 3.41. The molecule has 1 atom stereocenters. The van der Waals surface area contributed by atoms with Gasteiger partial charge in [0, 0.05) is 20.1 Å². The van der Waals surface area contributed by atoms with Crippen LogP contribution < -0.4 is 5.32 Å². The Morgan fingerprint density at radius 2 is 2.33 bits per heavy atom. The summed E-state index contributed by atoms with van der Waals surface area (Å²) in [7, 11) is 1.71. The second-order valence-corrected chi connectivity index (χ2v) is 7.69. The maximum Gasteiger partial charge on any atom is 0.235 e. The number of hydrogen-bond donors (Lipinski definition) is 1. The third-order valence-electron chi connectivity index (χ3n) is 3.11. The van der Waals surface area contributed by atoms with Gasteiger partial charge in [-0.1, -0.05) is 41.3 Å². The first-order chi connectivity index (χ1) is 11.5. The number of carbonyl (C=O) groups is 1. The molecule has 1 N–H and O–H groups in total. The van der Waals surface area contributed by atoms with Gasteiger partial charge in [-0.2, -0.15) is 0 Å². The van der Waals surface area contributed by atoms with E-state index in [1.165, 1.54) is 35.2 Å². The highest BCUT2D eigenvalue weighted by Gasteiger charge is 2.20. The minimum atomic E-state index is -0.302. The maximum atomic E-state index is 13.2. The van der Waals surface area contributed by atoms with Gasteiger partial charge in [0.05, 0.1) is 5.25 Å². The van der Waals surface area contributed by atoms with Gasteiger partial charge < -0.3 is 10.2 Å². The molecule has 0 bridgehead atoms. The topological polar surface area (TPSA) is 58.1 Å². The van der Waals surface area contributed by atoms with Crippen molar-refractivity contribution in [2.45, 2.75) is 23.1 Å². The number of anilines is 1. The fourth-order valence-electron chi connectivity index (χ4n) is 1.99. The molecule has 0 radical (unpaired) electrons. The Hall–Kier alpha value is -1.93. The Kier molecular flexibility index (Phi) is 6.74. The summed E-state index contributed by atoms with van der Waals surface area (Å²) in [4.78, 5) is 14.0. The third-order valence-corrected chi connectivity index (χ3v) is 5.17. The highest BCUT2D eigenvalue weighted by Crippen LogP contribution is 2.29. The summed E-state index contributed by atoms with van der Waals surface area (Å²) >= 11 is 2.76. The van der Waals surface area contributed by atoms with Crippen LogP contribution in [0.3, 0.4) is 0 Å². The molecule has 5 nitrogen and oxygen atoms in total. The molecule has 0 aliphatic carbocycles. The number of thioether (sulfide) groups is 1. The molecular weight excluding hydrogens is 347 g/mol. The van der Waals surface area contributed by atoms with Crippen LogP contribution in [0.4, 0.5) is 9.52 Å². The van der Waals surface area contributed by atoms with Crippen LogP contribution in [-0.2, 0) is 11.3 Å². The maximum absolute atomic E-state index is 13.2. The van der Waals surface area contributed by atoms with E-state index in [-0.39, 0.29) is 17.0 Å². The number of hydrogen-bond acceptors (Lipinski definition) is 6. The number of nitrogens with one attached hydrogen (secondary N) is 1. The highest BCUT2D eigenvalue weighted by atomic mass is 32.2. The summed E-state index contributed by atoms with van der Waals surface area (Å²) in [6.45, 7) is 6.44. The van der Waals surface area contributed by atoms with Crippen LogP contribution in [0.25, 0.3) is 0 Å². The number of amides is 1. The Labute approximate surface area is 149 Å². The van der Waals surface area contributed by atoms with E-state index in [0.29, 0.717) is 18.2 Å². The van der Waals surface area contributed by atoms with E-state index in [2.05, 4.69) is 22.1 Å². The molecule has 0 aliphatic heterocycles. The van der Waals surface area contributed by atoms with Crippen LogP contribution in [0.1, 0.15) is 12.5 Å². The summed E-state index contributed by atoms with van der Waals surface area (Å²) in [6, 6.07) is 6.26. The molecule has 0 fully saturated rings. The standard InChI is InChI=1S/C16H19FN4OS2/c1-4-8-18-15-19-20-16(24-15)23-11(2)14(22)21(3)10-12-6-5-7-13(17)9-12/h4-7,9,11H,1,8,10H2,2-3H3,(H,18,19)/t11-/m1/s1. The quantitative estimate of drug-likeness (QED) is 0.573. The summed E-state index contributed by atoms with van der Waals surface area (Å²) in [5.41, 5.74) is 0.759. The predicted molar refractivity (Wildman–Crippen MR) is 96.8 cm³/mol. The zero-order chi connectivity index (χ0) is 17.5. The van der Waals surface area contributed by atoms with Gasteiger partial charge in [0.25, 0.3) is 0 Å². The molecule has 0 unspecified atom stereocenters. The van der Waals surface area contributed by atoms with Gasteiger partial charge in [0.2, 0.25) is 11.0 Å².